The highest BCUT2D eigenvalue weighted by molar-refractivity contribution is 5.74. The minimum Gasteiger partial charge on any atom is -0.391 e. The number of aromatic nitrogens is 3. The molecule has 3 rings (SSSR count). The average Bonchev–Trinajstić information content (AvgIpc) is 3.05. The van der Waals surface area contributed by atoms with Gasteiger partial charge in [0.1, 0.15) is 11.8 Å². The van der Waals surface area contributed by atoms with Crippen molar-refractivity contribution in [3.05, 3.63) is 59.5 Å². The van der Waals surface area contributed by atoms with Gasteiger partial charge in [-0.15, -0.1) is 0 Å². The Labute approximate surface area is 171 Å². The number of ether oxygens (including phenoxy) is 2. The van der Waals surface area contributed by atoms with Gasteiger partial charge < -0.3 is 19.9 Å². The van der Waals surface area contributed by atoms with Gasteiger partial charge in [0, 0.05) is 18.9 Å². The summed E-state index contributed by atoms with van der Waals surface area (Å²) >= 11 is 0. The summed E-state index contributed by atoms with van der Waals surface area (Å²) in [6.45, 7) is 8.52. The lowest BCUT2D eigenvalue weighted by Crippen LogP contribution is -2.26. The van der Waals surface area contributed by atoms with Crippen LogP contribution in [0.3, 0.4) is 0 Å². The summed E-state index contributed by atoms with van der Waals surface area (Å²) in [6, 6.07) is 10.1. The Morgan fingerprint density at radius 1 is 1.21 bits per heavy atom. The largest absolute Gasteiger partial charge is 0.391 e. The first-order chi connectivity index (χ1) is 13.8. The van der Waals surface area contributed by atoms with E-state index in [-0.39, 0.29) is 12.6 Å². The van der Waals surface area contributed by atoms with Crippen molar-refractivity contribution in [1.82, 2.24) is 14.6 Å². The highest BCUT2D eigenvalue weighted by atomic mass is 16.5. The summed E-state index contributed by atoms with van der Waals surface area (Å²) in [5.74, 6) is 0.737. The maximum atomic E-state index is 9.60. The Morgan fingerprint density at radius 3 is 2.59 bits per heavy atom. The van der Waals surface area contributed by atoms with Gasteiger partial charge in [0.05, 0.1) is 31.0 Å². The van der Waals surface area contributed by atoms with E-state index in [1.54, 1.807) is 14.0 Å². The molecule has 7 nitrogen and oxygen atoms in total. The van der Waals surface area contributed by atoms with Crippen molar-refractivity contribution in [2.45, 2.75) is 45.4 Å². The maximum Gasteiger partial charge on any atom is 0.154 e. The minimum absolute atomic E-state index is 0.0443. The van der Waals surface area contributed by atoms with Gasteiger partial charge in [0.25, 0.3) is 0 Å². The second kappa shape index (κ2) is 8.90. The fraction of sp³-hybridized carbons (Fsp3) is 0.455. The zero-order chi connectivity index (χ0) is 21.0. The average molecular weight is 399 g/mol. The first-order valence-corrected chi connectivity index (χ1v) is 9.79. The number of nitrogens with zero attached hydrogens (tertiary/aromatic N) is 3. The zero-order valence-corrected chi connectivity index (χ0v) is 17.7. The summed E-state index contributed by atoms with van der Waals surface area (Å²) in [5, 5.41) is 17.5. The standard InChI is InChI=1S/C22H30N4O3/c1-15(27)12-29-22(3,4)18-11-26-20(16(18)2)21(23-14-24-26)25-19(13-28-5)17-9-7-6-8-10-17/h6-11,14-15,19,27H,12-13H2,1-5H3,(H,23,24,25)/t15-,19-/m1/s1. The molecule has 156 valence electrons. The van der Waals surface area contributed by atoms with Crippen LogP contribution in [0.25, 0.3) is 5.52 Å². The number of methoxy groups -OCH3 is 1. The molecule has 0 amide bonds. The Hall–Kier alpha value is -2.48. The molecule has 3 aromatic rings. The molecule has 7 heteroatoms. The molecule has 29 heavy (non-hydrogen) atoms. The molecule has 0 aliphatic rings. The van der Waals surface area contributed by atoms with E-state index in [1.807, 2.05) is 49.7 Å². The number of fused-ring (bicyclic) bond motifs is 1. The molecule has 2 heterocycles. The third-order valence-corrected chi connectivity index (χ3v) is 5.01. The predicted molar refractivity (Wildman–Crippen MR) is 113 cm³/mol. The normalized spacial score (nSPS) is 14.1. The lowest BCUT2D eigenvalue weighted by Gasteiger charge is -2.26. The highest BCUT2D eigenvalue weighted by Crippen LogP contribution is 2.33. The Balaban J connectivity index is 1.98. The molecule has 1 aromatic carbocycles. The summed E-state index contributed by atoms with van der Waals surface area (Å²) in [5.41, 5.74) is 3.49. The number of rotatable bonds is 9. The zero-order valence-electron chi connectivity index (χ0n) is 17.7. The van der Waals surface area contributed by atoms with Crippen LogP contribution in [-0.4, -0.2) is 46.1 Å². The second-order valence-corrected chi connectivity index (χ2v) is 7.80. The van der Waals surface area contributed by atoms with Crippen LogP contribution < -0.4 is 5.32 Å². The van der Waals surface area contributed by atoms with Crippen LogP contribution in [0.1, 0.15) is 43.5 Å². The third kappa shape index (κ3) is 4.75. The van der Waals surface area contributed by atoms with Crippen molar-refractivity contribution < 1.29 is 14.6 Å². The number of nitrogens with one attached hydrogen (secondary N) is 1. The van der Waals surface area contributed by atoms with E-state index in [0.717, 1.165) is 28.0 Å². The number of aryl methyl sites for hydroxylation is 1. The van der Waals surface area contributed by atoms with E-state index >= 15 is 0 Å². The van der Waals surface area contributed by atoms with Gasteiger partial charge in [-0.05, 0) is 38.8 Å². The summed E-state index contributed by atoms with van der Waals surface area (Å²) in [7, 11) is 1.69. The van der Waals surface area contributed by atoms with E-state index in [0.29, 0.717) is 6.61 Å². The SMILES string of the molecule is COC[C@@H](Nc1ncnn2cc(C(C)(C)OC[C@@H](C)O)c(C)c12)c1ccccc1. The van der Waals surface area contributed by atoms with Gasteiger partial charge in [-0.2, -0.15) is 5.10 Å². The van der Waals surface area contributed by atoms with Crippen molar-refractivity contribution in [1.29, 1.82) is 0 Å². The van der Waals surface area contributed by atoms with E-state index < -0.39 is 11.7 Å². The highest BCUT2D eigenvalue weighted by Gasteiger charge is 2.28. The topological polar surface area (TPSA) is 80.9 Å². The maximum absolute atomic E-state index is 9.60. The van der Waals surface area contributed by atoms with E-state index in [2.05, 4.69) is 27.5 Å². The predicted octanol–water partition coefficient (Wildman–Crippen LogP) is 3.47. The van der Waals surface area contributed by atoms with Gasteiger partial charge in [-0.25, -0.2) is 9.50 Å². The van der Waals surface area contributed by atoms with Crippen molar-refractivity contribution in [3.63, 3.8) is 0 Å². The van der Waals surface area contributed by atoms with E-state index in [4.69, 9.17) is 9.47 Å². The molecular weight excluding hydrogens is 368 g/mol. The van der Waals surface area contributed by atoms with Crippen molar-refractivity contribution in [2.24, 2.45) is 0 Å². The van der Waals surface area contributed by atoms with Crippen LogP contribution in [0.4, 0.5) is 5.82 Å². The first-order valence-electron chi connectivity index (χ1n) is 9.79. The summed E-state index contributed by atoms with van der Waals surface area (Å²) in [4.78, 5) is 4.51. The number of aliphatic hydroxyl groups is 1. The molecule has 0 spiro atoms. The molecule has 0 saturated carbocycles. The molecular formula is C22H30N4O3. The van der Waals surface area contributed by atoms with E-state index in [9.17, 15) is 5.11 Å². The molecule has 0 bridgehead atoms. The molecule has 0 unspecified atom stereocenters. The van der Waals surface area contributed by atoms with Crippen LogP contribution in [-0.2, 0) is 15.1 Å². The van der Waals surface area contributed by atoms with Gasteiger partial charge in [0.2, 0.25) is 0 Å². The number of benzene rings is 1. The van der Waals surface area contributed by atoms with Gasteiger partial charge in [-0.3, -0.25) is 0 Å². The number of aliphatic hydroxyl groups excluding tert-OH is 1. The molecule has 0 saturated heterocycles. The Bertz CT molecular complexity index is 938. The van der Waals surface area contributed by atoms with Crippen LogP contribution in [0.15, 0.2) is 42.9 Å². The van der Waals surface area contributed by atoms with E-state index in [1.165, 1.54) is 6.33 Å². The Morgan fingerprint density at radius 2 is 1.93 bits per heavy atom. The van der Waals surface area contributed by atoms with Crippen LogP contribution in [0, 0.1) is 6.92 Å². The van der Waals surface area contributed by atoms with Crippen molar-refractivity contribution in [3.8, 4) is 0 Å². The molecule has 0 aliphatic heterocycles. The van der Waals surface area contributed by atoms with Crippen LogP contribution >= 0.6 is 0 Å². The molecule has 0 aliphatic carbocycles. The molecule has 0 fully saturated rings. The molecule has 2 aromatic heterocycles. The van der Waals surface area contributed by atoms with Gasteiger partial charge in [0.15, 0.2) is 5.82 Å². The Kier molecular flexibility index (Phi) is 6.52. The summed E-state index contributed by atoms with van der Waals surface area (Å²) < 4.78 is 13.2. The quantitative estimate of drug-likeness (QED) is 0.574. The molecule has 0 radical (unpaired) electrons. The van der Waals surface area contributed by atoms with Gasteiger partial charge >= 0.3 is 0 Å². The fourth-order valence-electron chi connectivity index (χ4n) is 3.52. The number of hydrogen-bond donors (Lipinski definition) is 2. The lowest BCUT2D eigenvalue weighted by molar-refractivity contribution is -0.0588. The van der Waals surface area contributed by atoms with Crippen molar-refractivity contribution >= 4 is 11.3 Å². The third-order valence-electron chi connectivity index (χ3n) is 5.01. The van der Waals surface area contributed by atoms with Crippen molar-refractivity contribution in [2.75, 3.05) is 25.6 Å². The molecule has 2 N–H and O–H groups in total. The fourth-order valence-corrected chi connectivity index (χ4v) is 3.52. The number of anilines is 1. The minimum atomic E-state index is -0.572. The van der Waals surface area contributed by atoms with Crippen LogP contribution in [0.5, 0.6) is 0 Å². The second-order valence-electron chi connectivity index (χ2n) is 7.80. The van der Waals surface area contributed by atoms with Gasteiger partial charge in [-0.1, -0.05) is 30.3 Å². The smallest absolute Gasteiger partial charge is 0.154 e. The monoisotopic (exact) mass is 398 g/mol. The summed E-state index contributed by atoms with van der Waals surface area (Å²) in [6.07, 6.45) is 2.98. The first kappa shape index (κ1) is 21.2. The lowest BCUT2D eigenvalue weighted by atomic mass is 9.97. The number of hydrogen-bond acceptors (Lipinski definition) is 6. The molecule has 2 atom stereocenters. The van der Waals surface area contributed by atoms with Crippen LogP contribution in [0.2, 0.25) is 0 Å².